The van der Waals surface area contributed by atoms with Gasteiger partial charge in [-0.15, -0.1) is 0 Å². The Kier molecular flexibility index (Phi) is 5.65. The second-order valence-electron chi connectivity index (χ2n) is 7.32. The lowest BCUT2D eigenvalue weighted by Gasteiger charge is -2.41. The molecule has 2 saturated heterocycles. The fraction of sp³-hybridized carbons (Fsp3) is 0.824. The van der Waals surface area contributed by atoms with Crippen molar-refractivity contribution in [2.24, 2.45) is 17.8 Å². The highest BCUT2D eigenvalue weighted by molar-refractivity contribution is 5.89. The minimum Gasteiger partial charge on any atom is -0.481 e. The average Bonchev–Trinajstić information content (AvgIpc) is 2.52. The van der Waals surface area contributed by atoms with Crippen LogP contribution in [0.5, 0.6) is 0 Å². The number of carbonyl (C=O) groups is 3. The van der Waals surface area contributed by atoms with Crippen LogP contribution in [0.2, 0.25) is 0 Å². The molecular formula is C17H28N2O4. The molecule has 6 heteroatoms. The lowest BCUT2D eigenvalue weighted by molar-refractivity contribution is -0.154. The molecule has 2 heterocycles. The summed E-state index contributed by atoms with van der Waals surface area (Å²) < 4.78 is 0. The normalized spacial score (nSPS) is 28.8. The molecule has 3 atom stereocenters. The lowest BCUT2D eigenvalue weighted by Crippen LogP contribution is -2.56. The van der Waals surface area contributed by atoms with E-state index < -0.39 is 17.9 Å². The molecule has 2 amide bonds. The van der Waals surface area contributed by atoms with Gasteiger partial charge in [0.25, 0.3) is 0 Å². The number of carboxylic acid groups (broad SMARTS) is 1. The topological polar surface area (TPSA) is 77.9 Å². The number of carboxylic acids is 1. The molecular weight excluding hydrogens is 296 g/mol. The molecule has 0 aromatic heterocycles. The maximum Gasteiger partial charge on any atom is 0.308 e. The summed E-state index contributed by atoms with van der Waals surface area (Å²) in [7, 11) is 0. The minimum atomic E-state index is -0.840. The zero-order chi connectivity index (χ0) is 17.1. The summed E-state index contributed by atoms with van der Waals surface area (Å²) in [5.74, 6) is -1.35. The van der Waals surface area contributed by atoms with E-state index in [-0.39, 0.29) is 30.2 Å². The van der Waals surface area contributed by atoms with E-state index in [1.54, 1.807) is 9.80 Å². The highest BCUT2D eigenvalue weighted by atomic mass is 16.4. The maximum absolute atomic E-state index is 12.9. The third-order valence-corrected chi connectivity index (χ3v) is 4.89. The van der Waals surface area contributed by atoms with Gasteiger partial charge in [0.15, 0.2) is 0 Å². The largest absolute Gasteiger partial charge is 0.481 e. The molecule has 3 unspecified atom stereocenters. The van der Waals surface area contributed by atoms with Crippen molar-refractivity contribution in [2.45, 2.75) is 52.5 Å². The summed E-state index contributed by atoms with van der Waals surface area (Å²) >= 11 is 0. The smallest absolute Gasteiger partial charge is 0.308 e. The van der Waals surface area contributed by atoms with E-state index in [0.29, 0.717) is 25.9 Å². The summed E-state index contributed by atoms with van der Waals surface area (Å²) in [6.07, 6.45) is 3.15. The first kappa shape index (κ1) is 17.8. The van der Waals surface area contributed by atoms with Crippen molar-refractivity contribution in [1.82, 2.24) is 9.80 Å². The summed E-state index contributed by atoms with van der Waals surface area (Å²) in [5.41, 5.74) is 0. The zero-order valence-electron chi connectivity index (χ0n) is 14.3. The first-order valence-electron chi connectivity index (χ1n) is 8.63. The highest BCUT2D eigenvalue weighted by Crippen LogP contribution is 2.26. The van der Waals surface area contributed by atoms with Crippen molar-refractivity contribution in [2.75, 3.05) is 19.6 Å². The van der Waals surface area contributed by atoms with Crippen LogP contribution in [0.1, 0.15) is 46.5 Å². The van der Waals surface area contributed by atoms with Crippen LogP contribution in [0.25, 0.3) is 0 Å². The molecule has 0 aromatic rings. The molecule has 1 N–H and O–H groups in total. The van der Waals surface area contributed by atoms with Gasteiger partial charge in [-0.1, -0.05) is 20.8 Å². The molecule has 0 bridgehead atoms. The van der Waals surface area contributed by atoms with Crippen molar-refractivity contribution in [3.05, 3.63) is 0 Å². The number of amides is 2. The molecule has 130 valence electrons. The van der Waals surface area contributed by atoms with E-state index in [4.69, 9.17) is 0 Å². The van der Waals surface area contributed by atoms with E-state index >= 15 is 0 Å². The predicted octanol–water partition coefficient (Wildman–Crippen LogP) is 1.59. The molecule has 0 aromatic carbocycles. The Morgan fingerprint density at radius 1 is 1.13 bits per heavy atom. The van der Waals surface area contributed by atoms with Gasteiger partial charge in [-0.2, -0.15) is 0 Å². The molecule has 2 aliphatic heterocycles. The molecule has 23 heavy (non-hydrogen) atoms. The Labute approximate surface area is 137 Å². The number of piperidine rings is 2. The Bertz CT molecular complexity index is 477. The monoisotopic (exact) mass is 324 g/mol. The number of aliphatic carboxylic acids is 1. The van der Waals surface area contributed by atoms with Gasteiger partial charge in [0.1, 0.15) is 6.04 Å². The van der Waals surface area contributed by atoms with Crippen LogP contribution in [0.4, 0.5) is 0 Å². The van der Waals surface area contributed by atoms with Crippen molar-refractivity contribution in [3.63, 3.8) is 0 Å². The third-order valence-electron chi connectivity index (χ3n) is 4.89. The molecule has 0 saturated carbocycles. The molecule has 0 radical (unpaired) electrons. The SMILES string of the molecule is CC1CC(C(=O)O)CN(C(=O)C2CCCCN2C(=O)C(C)C)C1. The standard InChI is InChI=1S/C17H28N2O4/c1-11(2)15(20)19-7-5-4-6-14(19)16(21)18-9-12(3)8-13(10-18)17(22)23/h11-14H,4-10H2,1-3H3,(H,22,23). The quantitative estimate of drug-likeness (QED) is 0.855. The van der Waals surface area contributed by atoms with E-state index in [9.17, 15) is 19.5 Å². The van der Waals surface area contributed by atoms with E-state index in [1.807, 2.05) is 20.8 Å². The van der Waals surface area contributed by atoms with Crippen molar-refractivity contribution >= 4 is 17.8 Å². The van der Waals surface area contributed by atoms with Gasteiger partial charge in [-0.25, -0.2) is 0 Å². The first-order chi connectivity index (χ1) is 10.8. The lowest BCUT2D eigenvalue weighted by atomic mass is 9.89. The van der Waals surface area contributed by atoms with Gasteiger partial charge in [0.05, 0.1) is 5.92 Å². The first-order valence-corrected chi connectivity index (χ1v) is 8.63. The molecule has 2 rings (SSSR count). The van der Waals surface area contributed by atoms with E-state index in [2.05, 4.69) is 0 Å². The average molecular weight is 324 g/mol. The summed E-state index contributed by atoms with van der Waals surface area (Å²) in [6, 6.07) is -0.418. The molecule has 2 aliphatic rings. The summed E-state index contributed by atoms with van der Waals surface area (Å²) in [6.45, 7) is 7.15. The van der Waals surface area contributed by atoms with Crippen LogP contribution in [0.15, 0.2) is 0 Å². The zero-order valence-corrected chi connectivity index (χ0v) is 14.3. The Balaban J connectivity index is 2.13. The van der Waals surface area contributed by atoms with Crippen molar-refractivity contribution in [3.8, 4) is 0 Å². The van der Waals surface area contributed by atoms with Gasteiger partial charge < -0.3 is 14.9 Å². The molecule has 6 nitrogen and oxygen atoms in total. The van der Waals surface area contributed by atoms with Crippen LogP contribution >= 0.6 is 0 Å². The van der Waals surface area contributed by atoms with Gasteiger partial charge in [-0.05, 0) is 31.6 Å². The van der Waals surface area contributed by atoms with Gasteiger partial charge in [0, 0.05) is 25.6 Å². The van der Waals surface area contributed by atoms with Gasteiger partial charge in [-0.3, -0.25) is 14.4 Å². The van der Waals surface area contributed by atoms with Crippen molar-refractivity contribution in [1.29, 1.82) is 0 Å². The number of carbonyl (C=O) groups excluding carboxylic acids is 2. The van der Waals surface area contributed by atoms with Crippen molar-refractivity contribution < 1.29 is 19.5 Å². The van der Waals surface area contributed by atoms with Crippen LogP contribution in [-0.4, -0.2) is 58.4 Å². The minimum absolute atomic E-state index is 0.0166. The fourth-order valence-electron chi connectivity index (χ4n) is 3.70. The van der Waals surface area contributed by atoms with Gasteiger partial charge in [0.2, 0.25) is 11.8 Å². The second kappa shape index (κ2) is 7.32. The maximum atomic E-state index is 12.9. The van der Waals surface area contributed by atoms with E-state index in [0.717, 1.165) is 12.8 Å². The fourth-order valence-corrected chi connectivity index (χ4v) is 3.70. The second-order valence-corrected chi connectivity index (χ2v) is 7.32. The van der Waals surface area contributed by atoms with Crippen LogP contribution in [0, 0.1) is 17.8 Å². The highest BCUT2D eigenvalue weighted by Gasteiger charge is 2.39. The molecule has 0 aliphatic carbocycles. The van der Waals surface area contributed by atoms with E-state index in [1.165, 1.54) is 0 Å². The Morgan fingerprint density at radius 2 is 1.83 bits per heavy atom. The van der Waals surface area contributed by atoms with Crippen LogP contribution < -0.4 is 0 Å². The molecule has 0 spiro atoms. The summed E-state index contributed by atoms with van der Waals surface area (Å²) in [5, 5.41) is 9.28. The Morgan fingerprint density at radius 3 is 2.43 bits per heavy atom. The number of nitrogens with zero attached hydrogens (tertiary/aromatic N) is 2. The van der Waals surface area contributed by atoms with Crippen LogP contribution in [-0.2, 0) is 14.4 Å². The predicted molar refractivity (Wildman–Crippen MR) is 85.7 cm³/mol. The van der Waals surface area contributed by atoms with Crippen LogP contribution in [0.3, 0.4) is 0 Å². The van der Waals surface area contributed by atoms with Gasteiger partial charge >= 0.3 is 5.97 Å². The number of likely N-dealkylation sites (tertiary alicyclic amines) is 2. The Hall–Kier alpha value is -1.59. The number of hydrogen-bond acceptors (Lipinski definition) is 3. The number of hydrogen-bond donors (Lipinski definition) is 1. The molecule has 2 fully saturated rings. The third kappa shape index (κ3) is 4.03. The number of rotatable bonds is 3. The summed E-state index contributed by atoms with van der Waals surface area (Å²) in [4.78, 5) is 40.0.